The number of nitrogens with zero attached hydrogens (tertiary/aromatic N) is 3. The number of ketones is 1. The average Bonchev–Trinajstić information content (AvgIpc) is 2.94. The summed E-state index contributed by atoms with van der Waals surface area (Å²) < 4.78 is 0. The van der Waals surface area contributed by atoms with Crippen molar-refractivity contribution in [2.24, 2.45) is 17.4 Å². The Balaban J connectivity index is 2.19. The number of likely N-dealkylation sites (N-methyl/N-ethyl adjacent to an activating group) is 2. The van der Waals surface area contributed by atoms with E-state index in [9.17, 15) is 24.0 Å². The topological polar surface area (TPSA) is 159 Å². The van der Waals surface area contributed by atoms with Gasteiger partial charge in [0, 0.05) is 20.1 Å². The van der Waals surface area contributed by atoms with Crippen LogP contribution in [-0.2, 0) is 30.4 Å². The fourth-order valence-electron chi connectivity index (χ4n) is 5.01. The molecule has 228 valence electrons. The lowest BCUT2D eigenvalue weighted by atomic mass is 9.99. The van der Waals surface area contributed by atoms with Gasteiger partial charge >= 0.3 is 0 Å². The van der Waals surface area contributed by atoms with Gasteiger partial charge < -0.3 is 26.6 Å². The first-order valence-corrected chi connectivity index (χ1v) is 14.5. The van der Waals surface area contributed by atoms with E-state index in [1.165, 1.54) is 11.9 Å². The predicted molar refractivity (Wildman–Crippen MR) is 157 cm³/mol. The lowest BCUT2D eigenvalue weighted by Crippen LogP contribution is -2.58. The predicted octanol–water partition coefficient (Wildman–Crippen LogP) is 0.692. The highest BCUT2D eigenvalue weighted by Crippen LogP contribution is 2.15. The van der Waals surface area contributed by atoms with Crippen LogP contribution in [0.1, 0.15) is 58.4 Å². The molecular weight excluding hydrogens is 524 g/mol. The minimum absolute atomic E-state index is 0.0173. The molecular formula is C30H48N6O5. The Bertz CT molecular complexity index is 1040. The van der Waals surface area contributed by atoms with E-state index in [2.05, 4.69) is 5.32 Å². The van der Waals surface area contributed by atoms with E-state index in [0.717, 1.165) is 24.8 Å². The summed E-state index contributed by atoms with van der Waals surface area (Å²) in [6, 6.07) is 5.98. The number of nitrogens with two attached hydrogens (primary N) is 2. The van der Waals surface area contributed by atoms with Gasteiger partial charge in [0.25, 0.3) is 0 Å². The van der Waals surface area contributed by atoms with Gasteiger partial charge in [-0.2, -0.15) is 0 Å². The van der Waals surface area contributed by atoms with Crippen molar-refractivity contribution in [2.45, 2.75) is 83.5 Å². The Labute approximate surface area is 244 Å². The number of rotatable bonds is 15. The van der Waals surface area contributed by atoms with Gasteiger partial charge in [0.05, 0.1) is 25.0 Å². The first kappa shape index (κ1) is 33.9. The summed E-state index contributed by atoms with van der Waals surface area (Å²) in [7, 11) is 3.21. The molecule has 1 fully saturated rings. The van der Waals surface area contributed by atoms with E-state index in [4.69, 9.17) is 11.5 Å². The standard InChI is InChI=1S/C30H48N6O5/c1-20(2)16-23(31)26(37)19-34(4)25(17-22-12-8-6-9-13-22)30(41)35(5)21(3)28(39)33-24(18-27(32)38)29(40)36-14-10-7-11-15-36/h6,8-9,12-13,20-21,23-25H,7,10-11,14-19,31H2,1-5H3,(H2,32,38)(H,33,39)/t21-,23?,24-,25-/m0/s1. The molecule has 4 amide bonds. The Kier molecular flexibility index (Phi) is 13.4. The van der Waals surface area contributed by atoms with Crippen LogP contribution in [0.15, 0.2) is 30.3 Å². The molecule has 0 saturated carbocycles. The fraction of sp³-hybridized carbons (Fsp3) is 0.633. The second kappa shape index (κ2) is 16.2. The highest BCUT2D eigenvalue weighted by atomic mass is 16.2. The molecule has 0 radical (unpaired) electrons. The van der Waals surface area contributed by atoms with E-state index < -0.39 is 36.0 Å². The van der Waals surface area contributed by atoms with Gasteiger partial charge in [-0.15, -0.1) is 0 Å². The molecule has 5 N–H and O–H groups in total. The van der Waals surface area contributed by atoms with E-state index in [1.807, 2.05) is 44.2 Å². The van der Waals surface area contributed by atoms with Crippen molar-refractivity contribution in [1.82, 2.24) is 20.0 Å². The van der Waals surface area contributed by atoms with Crippen molar-refractivity contribution in [1.29, 1.82) is 0 Å². The molecule has 1 aliphatic rings. The van der Waals surface area contributed by atoms with Gasteiger partial charge in [-0.25, -0.2) is 0 Å². The van der Waals surface area contributed by atoms with Crippen LogP contribution in [0.3, 0.4) is 0 Å². The van der Waals surface area contributed by atoms with Crippen LogP contribution in [0, 0.1) is 5.92 Å². The minimum Gasteiger partial charge on any atom is -0.370 e. The molecule has 41 heavy (non-hydrogen) atoms. The van der Waals surface area contributed by atoms with Crippen molar-refractivity contribution in [3.63, 3.8) is 0 Å². The largest absolute Gasteiger partial charge is 0.370 e. The smallest absolute Gasteiger partial charge is 0.245 e. The number of primary amides is 1. The van der Waals surface area contributed by atoms with Crippen molar-refractivity contribution < 1.29 is 24.0 Å². The Hall–Kier alpha value is -3.31. The van der Waals surface area contributed by atoms with Crippen molar-refractivity contribution in [3.05, 3.63) is 35.9 Å². The third-order valence-electron chi connectivity index (χ3n) is 7.63. The molecule has 1 aromatic carbocycles. The fourth-order valence-corrected chi connectivity index (χ4v) is 5.01. The molecule has 1 aliphatic heterocycles. The number of hydrogen-bond acceptors (Lipinski definition) is 7. The summed E-state index contributed by atoms with van der Waals surface area (Å²) in [5.41, 5.74) is 12.4. The third kappa shape index (κ3) is 10.6. The highest BCUT2D eigenvalue weighted by Gasteiger charge is 2.35. The van der Waals surface area contributed by atoms with Gasteiger partial charge in [0.2, 0.25) is 23.6 Å². The van der Waals surface area contributed by atoms with E-state index in [0.29, 0.717) is 25.9 Å². The zero-order valence-corrected chi connectivity index (χ0v) is 25.2. The van der Waals surface area contributed by atoms with Crippen LogP contribution in [0.2, 0.25) is 0 Å². The Morgan fingerprint density at radius 3 is 2.15 bits per heavy atom. The molecule has 2 rings (SSSR count). The zero-order chi connectivity index (χ0) is 30.7. The summed E-state index contributed by atoms with van der Waals surface area (Å²) in [6.07, 6.45) is 3.27. The van der Waals surface area contributed by atoms with Gasteiger partial charge in [-0.05, 0) is 57.6 Å². The van der Waals surface area contributed by atoms with Crippen LogP contribution in [0.4, 0.5) is 0 Å². The maximum atomic E-state index is 13.8. The number of piperidine rings is 1. The monoisotopic (exact) mass is 572 g/mol. The molecule has 0 aliphatic carbocycles. The van der Waals surface area contributed by atoms with Crippen LogP contribution < -0.4 is 16.8 Å². The molecule has 0 spiro atoms. The summed E-state index contributed by atoms with van der Waals surface area (Å²) in [5, 5.41) is 2.66. The van der Waals surface area contributed by atoms with Gasteiger partial charge in [0.15, 0.2) is 5.78 Å². The average molecular weight is 573 g/mol. The molecule has 1 unspecified atom stereocenters. The molecule has 4 atom stereocenters. The number of carbonyl (C=O) groups is 5. The molecule has 0 bridgehead atoms. The quantitative estimate of drug-likeness (QED) is 0.279. The molecule has 11 heteroatoms. The zero-order valence-electron chi connectivity index (χ0n) is 25.2. The number of benzene rings is 1. The third-order valence-corrected chi connectivity index (χ3v) is 7.63. The first-order valence-electron chi connectivity index (χ1n) is 14.5. The van der Waals surface area contributed by atoms with E-state index in [-0.39, 0.29) is 36.5 Å². The number of carbonyl (C=O) groups excluding carboxylic acids is 5. The van der Waals surface area contributed by atoms with Crippen LogP contribution >= 0.6 is 0 Å². The highest BCUT2D eigenvalue weighted by molar-refractivity contribution is 5.95. The number of nitrogens with one attached hydrogen (secondary N) is 1. The lowest BCUT2D eigenvalue weighted by Gasteiger charge is -2.34. The molecule has 11 nitrogen and oxygen atoms in total. The van der Waals surface area contributed by atoms with E-state index in [1.54, 1.807) is 23.8 Å². The van der Waals surface area contributed by atoms with Crippen LogP contribution in [0.25, 0.3) is 0 Å². The second-order valence-corrected chi connectivity index (χ2v) is 11.6. The number of likely N-dealkylation sites (tertiary alicyclic amines) is 1. The summed E-state index contributed by atoms with van der Waals surface area (Å²) in [6.45, 7) is 6.65. The summed E-state index contributed by atoms with van der Waals surface area (Å²) in [5.74, 6) is -1.90. The maximum absolute atomic E-state index is 13.8. The van der Waals surface area contributed by atoms with Crippen molar-refractivity contribution in [2.75, 3.05) is 33.7 Å². The molecule has 1 heterocycles. The number of Topliss-reactive ketones (excluding diaryl/α,β-unsaturated/α-hetero) is 1. The van der Waals surface area contributed by atoms with E-state index >= 15 is 0 Å². The maximum Gasteiger partial charge on any atom is 0.245 e. The van der Waals surface area contributed by atoms with Crippen molar-refractivity contribution in [3.8, 4) is 0 Å². The first-order chi connectivity index (χ1) is 19.3. The lowest BCUT2D eigenvalue weighted by molar-refractivity contribution is -0.144. The normalized spacial score (nSPS) is 16.5. The van der Waals surface area contributed by atoms with Gasteiger partial charge in [0.1, 0.15) is 12.1 Å². The Morgan fingerprint density at radius 2 is 1.59 bits per heavy atom. The molecule has 1 saturated heterocycles. The summed E-state index contributed by atoms with van der Waals surface area (Å²) in [4.78, 5) is 69.4. The summed E-state index contributed by atoms with van der Waals surface area (Å²) >= 11 is 0. The van der Waals surface area contributed by atoms with Crippen LogP contribution in [0.5, 0.6) is 0 Å². The van der Waals surface area contributed by atoms with Crippen molar-refractivity contribution >= 4 is 29.4 Å². The molecule has 1 aromatic rings. The number of hydrogen-bond donors (Lipinski definition) is 3. The number of amides is 4. The second-order valence-electron chi connectivity index (χ2n) is 11.6. The Morgan fingerprint density at radius 1 is 0.976 bits per heavy atom. The van der Waals surface area contributed by atoms with Gasteiger partial charge in [-0.3, -0.25) is 28.9 Å². The van der Waals surface area contributed by atoms with Crippen LogP contribution in [-0.4, -0.2) is 102 Å². The minimum atomic E-state index is -1.10. The SMILES string of the molecule is CC(C)CC(N)C(=O)CN(C)[C@@H](Cc1ccccc1)C(=O)N(C)[C@@H](C)C(=O)N[C@@H](CC(N)=O)C(=O)N1CCCCC1. The van der Waals surface area contributed by atoms with Gasteiger partial charge in [-0.1, -0.05) is 44.2 Å². The molecule has 0 aromatic heterocycles.